The lowest BCUT2D eigenvalue weighted by molar-refractivity contribution is 0.276. The normalized spacial score (nSPS) is 10.0. The predicted octanol–water partition coefficient (Wildman–Crippen LogP) is 0.265. The maximum Gasteiger partial charge on any atom is 0.111 e. The largest absolute Gasteiger partial charge is 0.390 e. The van der Waals surface area contributed by atoms with Gasteiger partial charge in [0.2, 0.25) is 0 Å². The SMILES string of the molecule is C=CCn1nnc(CO)c1C. The second-order valence-corrected chi connectivity index (χ2v) is 2.25. The Balaban J connectivity index is 2.90. The first-order chi connectivity index (χ1) is 5.29. The van der Waals surface area contributed by atoms with E-state index >= 15 is 0 Å². The average Bonchev–Trinajstić information content (AvgIpc) is 2.34. The molecule has 1 N–H and O–H groups in total. The lowest BCUT2D eigenvalue weighted by Gasteiger charge is -1.96. The third-order valence-electron chi connectivity index (χ3n) is 1.53. The van der Waals surface area contributed by atoms with Crippen molar-refractivity contribution in [1.82, 2.24) is 15.0 Å². The summed E-state index contributed by atoms with van der Waals surface area (Å²) in [4.78, 5) is 0. The predicted molar refractivity (Wildman–Crippen MR) is 40.9 cm³/mol. The van der Waals surface area contributed by atoms with Crippen LogP contribution in [0.5, 0.6) is 0 Å². The Labute approximate surface area is 65.2 Å². The van der Waals surface area contributed by atoms with Crippen molar-refractivity contribution in [3.8, 4) is 0 Å². The second-order valence-electron chi connectivity index (χ2n) is 2.25. The highest BCUT2D eigenvalue weighted by Crippen LogP contribution is 2.02. The number of hydrogen-bond donors (Lipinski definition) is 1. The van der Waals surface area contributed by atoms with Gasteiger partial charge in [0.25, 0.3) is 0 Å². The summed E-state index contributed by atoms with van der Waals surface area (Å²) in [6, 6.07) is 0. The van der Waals surface area contributed by atoms with Gasteiger partial charge < -0.3 is 5.11 Å². The van der Waals surface area contributed by atoms with Crippen LogP contribution in [0, 0.1) is 6.92 Å². The van der Waals surface area contributed by atoms with Crippen LogP contribution in [-0.4, -0.2) is 20.1 Å². The van der Waals surface area contributed by atoms with Crippen molar-refractivity contribution in [2.75, 3.05) is 0 Å². The summed E-state index contributed by atoms with van der Waals surface area (Å²) in [6.07, 6.45) is 1.74. The van der Waals surface area contributed by atoms with Gasteiger partial charge in [-0.15, -0.1) is 11.7 Å². The highest BCUT2D eigenvalue weighted by molar-refractivity contribution is 5.06. The molecule has 1 aromatic heterocycles. The molecule has 0 saturated heterocycles. The molecule has 11 heavy (non-hydrogen) atoms. The van der Waals surface area contributed by atoms with E-state index in [1.807, 2.05) is 6.92 Å². The van der Waals surface area contributed by atoms with Crippen molar-refractivity contribution in [3.63, 3.8) is 0 Å². The Hall–Kier alpha value is -1.16. The summed E-state index contributed by atoms with van der Waals surface area (Å²) >= 11 is 0. The number of allylic oxidation sites excluding steroid dienone is 1. The Morgan fingerprint density at radius 1 is 1.73 bits per heavy atom. The molecule has 0 aliphatic heterocycles. The van der Waals surface area contributed by atoms with Gasteiger partial charge >= 0.3 is 0 Å². The Kier molecular flexibility index (Phi) is 2.38. The van der Waals surface area contributed by atoms with Crippen LogP contribution < -0.4 is 0 Å². The molecular weight excluding hydrogens is 142 g/mol. The summed E-state index contributed by atoms with van der Waals surface area (Å²) in [5, 5.41) is 16.3. The van der Waals surface area contributed by atoms with Crippen LogP contribution in [0.15, 0.2) is 12.7 Å². The van der Waals surface area contributed by atoms with Crippen molar-refractivity contribution >= 4 is 0 Å². The zero-order chi connectivity index (χ0) is 8.27. The molecule has 0 aromatic carbocycles. The van der Waals surface area contributed by atoms with E-state index in [0.717, 1.165) is 5.69 Å². The molecule has 1 heterocycles. The van der Waals surface area contributed by atoms with Crippen molar-refractivity contribution in [2.24, 2.45) is 0 Å². The molecule has 0 unspecified atom stereocenters. The minimum atomic E-state index is -0.0526. The van der Waals surface area contributed by atoms with Crippen LogP contribution in [-0.2, 0) is 13.2 Å². The van der Waals surface area contributed by atoms with Crippen LogP contribution in [0.2, 0.25) is 0 Å². The van der Waals surface area contributed by atoms with E-state index < -0.39 is 0 Å². The number of aromatic nitrogens is 3. The minimum absolute atomic E-state index is 0.0526. The van der Waals surface area contributed by atoms with E-state index in [0.29, 0.717) is 12.2 Å². The van der Waals surface area contributed by atoms with Crippen molar-refractivity contribution in [1.29, 1.82) is 0 Å². The first-order valence-electron chi connectivity index (χ1n) is 3.40. The summed E-state index contributed by atoms with van der Waals surface area (Å²) in [5.74, 6) is 0. The van der Waals surface area contributed by atoms with Crippen LogP contribution in [0.4, 0.5) is 0 Å². The zero-order valence-electron chi connectivity index (χ0n) is 6.49. The quantitative estimate of drug-likeness (QED) is 0.634. The molecule has 0 aliphatic rings. The van der Waals surface area contributed by atoms with Crippen LogP contribution >= 0.6 is 0 Å². The van der Waals surface area contributed by atoms with E-state index in [4.69, 9.17) is 5.11 Å². The van der Waals surface area contributed by atoms with Gasteiger partial charge in [-0.1, -0.05) is 11.3 Å². The minimum Gasteiger partial charge on any atom is -0.390 e. The molecule has 0 spiro atoms. The molecule has 0 fully saturated rings. The first kappa shape index (κ1) is 7.94. The number of aliphatic hydroxyl groups is 1. The smallest absolute Gasteiger partial charge is 0.111 e. The maximum atomic E-state index is 8.76. The van der Waals surface area contributed by atoms with E-state index in [2.05, 4.69) is 16.9 Å². The van der Waals surface area contributed by atoms with Gasteiger partial charge in [-0.3, -0.25) is 0 Å². The third kappa shape index (κ3) is 1.46. The van der Waals surface area contributed by atoms with Gasteiger partial charge in [-0.05, 0) is 6.92 Å². The number of nitrogens with zero attached hydrogens (tertiary/aromatic N) is 3. The Morgan fingerprint density at radius 2 is 2.45 bits per heavy atom. The molecule has 1 aromatic rings. The van der Waals surface area contributed by atoms with Crippen molar-refractivity contribution < 1.29 is 5.11 Å². The summed E-state index contributed by atoms with van der Waals surface area (Å²) in [7, 11) is 0. The Bertz CT molecular complexity index is 254. The fourth-order valence-corrected chi connectivity index (χ4v) is 0.838. The molecule has 60 valence electrons. The number of aliphatic hydroxyl groups excluding tert-OH is 1. The number of hydrogen-bond acceptors (Lipinski definition) is 3. The zero-order valence-corrected chi connectivity index (χ0v) is 6.49. The first-order valence-corrected chi connectivity index (χ1v) is 3.40. The molecule has 0 bridgehead atoms. The fraction of sp³-hybridized carbons (Fsp3) is 0.429. The van der Waals surface area contributed by atoms with Gasteiger partial charge in [-0.2, -0.15) is 0 Å². The topological polar surface area (TPSA) is 50.9 Å². The lowest BCUT2D eigenvalue weighted by Crippen LogP contribution is -2.00. The summed E-state index contributed by atoms with van der Waals surface area (Å²) < 4.78 is 1.69. The summed E-state index contributed by atoms with van der Waals surface area (Å²) in [6.45, 7) is 6.04. The van der Waals surface area contributed by atoms with Gasteiger partial charge in [0.15, 0.2) is 0 Å². The van der Waals surface area contributed by atoms with E-state index in [-0.39, 0.29) is 6.61 Å². The molecule has 0 radical (unpaired) electrons. The van der Waals surface area contributed by atoms with Gasteiger partial charge in [0, 0.05) is 0 Å². The van der Waals surface area contributed by atoms with Gasteiger partial charge in [-0.25, -0.2) is 4.68 Å². The van der Waals surface area contributed by atoms with Crippen molar-refractivity contribution in [2.45, 2.75) is 20.1 Å². The molecular formula is C7H11N3O. The molecule has 0 aliphatic carbocycles. The molecule has 4 nitrogen and oxygen atoms in total. The van der Waals surface area contributed by atoms with Crippen molar-refractivity contribution in [3.05, 3.63) is 24.0 Å². The van der Waals surface area contributed by atoms with E-state index in [1.165, 1.54) is 0 Å². The third-order valence-corrected chi connectivity index (χ3v) is 1.53. The lowest BCUT2D eigenvalue weighted by atomic mass is 10.3. The van der Waals surface area contributed by atoms with E-state index in [1.54, 1.807) is 10.8 Å². The van der Waals surface area contributed by atoms with Gasteiger partial charge in [0.05, 0.1) is 18.8 Å². The highest BCUT2D eigenvalue weighted by atomic mass is 16.3. The van der Waals surface area contributed by atoms with E-state index in [9.17, 15) is 0 Å². The van der Waals surface area contributed by atoms with Crippen LogP contribution in [0.3, 0.4) is 0 Å². The monoisotopic (exact) mass is 153 g/mol. The average molecular weight is 153 g/mol. The standard InChI is InChI=1S/C7H11N3O/c1-3-4-10-6(2)7(5-11)8-9-10/h3,11H,1,4-5H2,2H3. The van der Waals surface area contributed by atoms with Crippen LogP contribution in [0.1, 0.15) is 11.4 Å². The summed E-state index contributed by atoms with van der Waals surface area (Å²) in [5.41, 5.74) is 1.53. The number of rotatable bonds is 3. The molecule has 0 amide bonds. The fourth-order valence-electron chi connectivity index (χ4n) is 0.838. The van der Waals surface area contributed by atoms with Crippen LogP contribution in [0.25, 0.3) is 0 Å². The maximum absolute atomic E-state index is 8.76. The molecule has 4 heteroatoms. The second kappa shape index (κ2) is 3.30. The molecule has 1 rings (SSSR count). The molecule has 0 saturated carbocycles. The highest BCUT2D eigenvalue weighted by Gasteiger charge is 2.04. The molecule has 0 atom stereocenters. The Morgan fingerprint density at radius 3 is 2.91 bits per heavy atom. The van der Waals surface area contributed by atoms with Gasteiger partial charge in [0.1, 0.15) is 5.69 Å².